The van der Waals surface area contributed by atoms with Crippen molar-refractivity contribution >= 4 is 17.3 Å². The number of hydrogen-bond acceptors (Lipinski definition) is 5. The highest BCUT2D eigenvalue weighted by atomic mass is 32.1. The molecule has 0 saturated carbocycles. The molecule has 2 N–H and O–H groups in total. The minimum Gasteiger partial charge on any atom is -0.494 e. The zero-order valence-corrected chi connectivity index (χ0v) is 17.3. The molecule has 0 amide bonds. The van der Waals surface area contributed by atoms with Crippen LogP contribution in [0.5, 0.6) is 11.5 Å². The Morgan fingerprint density at radius 2 is 2.15 bits per heavy atom. The Kier molecular flexibility index (Phi) is 6.55. The number of aryl methyl sites for hydroxylation is 1. The van der Waals surface area contributed by atoms with E-state index in [1.54, 1.807) is 18.4 Å². The monoisotopic (exact) mass is 388 g/mol. The van der Waals surface area contributed by atoms with Gasteiger partial charge in [0.2, 0.25) is 0 Å². The summed E-state index contributed by atoms with van der Waals surface area (Å²) in [6.45, 7) is 8.11. The second-order valence-electron chi connectivity index (χ2n) is 6.50. The predicted molar refractivity (Wildman–Crippen MR) is 110 cm³/mol. The third-order valence-electron chi connectivity index (χ3n) is 4.39. The van der Waals surface area contributed by atoms with E-state index >= 15 is 0 Å². The Bertz CT molecular complexity index is 803. The van der Waals surface area contributed by atoms with Crippen molar-refractivity contribution in [2.75, 3.05) is 13.7 Å². The van der Waals surface area contributed by atoms with Crippen LogP contribution < -0.4 is 20.1 Å². The molecule has 1 unspecified atom stereocenters. The van der Waals surface area contributed by atoms with Gasteiger partial charge < -0.3 is 20.1 Å². The molecule has 2 aromatic rings. The maximum absolute atomic E-state index is 5.90. The van der Waals surface area contributed by atoms with Crippen LogP contribution in [-0.4, -0.2) is 30.7 Å². The lowest BCUT2D eigenvalue weighted by atomic mass is 10.1. The minimum atomic E-state index is 0.221. The molecule has 146 valence electrons. The van der Waals surface area contributed by atoms with Gasteiger partial charge in [0.05, 0.1) is 23.9 Å². The van der Waals surface area contributed by atoms with Gasteiger partial charge in [0.15, 0.2) is 5.96 Å². The molecule has 7 heteroatoms. The first kappa shape index (κ1) is 19.5. The van der Waals surface area contributed by atoms with Crippen molar-refractivity contribution in [2.24, 2.45) is 4.99 Å². The van der Waals surface area contributed by atoms with E-state index in [-0.39, 0.29) is 6.10 Å². The first-order chi connectivity index (χ1) is 13.1. The molecule has 0 fully saturated rings. The molecule has 6 nitrogen and oxygen atoms in total. The molecular weight excluding hydrogens is 360 g/mol. The number of thiazole rings is 1. The SMILES string of the molecule is CCOc1cc2c(cc1CNC(=NC)NCc1csc(CC)n1)OC(C)C2. The molecule has 1 atom stereocenters. The zero-order valence-electron chi connectivity index (χ0n) is 16.5. The predicted octanol–water partition coefficient (Wildman–Crippen LogP) is 3.29. The number of fused-ring (bicyclic) bond motifs is 1. The summed E-state index contributed by atoms with van der Waals surface area (Å²) in [5.74, 6) is 2.60. The van der Waals surface area contributed by atoms with Crippen LogP contribution in [0.3, 0.4) is 0 Å². The first-order valence-corrected chi connectivity index (χ1v) is 10.3. The van der Waals surface area contributed by atoms with Crippen molar-refractivity contribution in [1.82, 2.24) is 15.6 Å². The molecule has 0 saturated heterocycles. The van der Waals surface area contributed by atoms with Gasteiger partial charge in [0.1, 0.15) is 17.6 Å². The van der Waals surface area contributed by atoms with Crippen molar-refractivity contribution in [2.45, 2.75) is 52.8 Å². The smallest absolute Gasteiger partial charge is 0.191 e. The average molecular weight is 389 g/mol. The molecule has 1 aliphatic rings. The fourth-order valence-corrected chi connectivity index (χ4v) is 3.82. The van der Waals surface area contributed by atoms with Crippen molar-refractivity contribution in [3.05, 3.63) is 39.3 Å². The number of benzene rings is 1. The van der Waals surface area contributed by atoms with E-state index in [9.17, 15) is 0 Å². The molecule has 27 heavy (non-hydrogen) atoms. The van der Waals surface area contributed by atoms with Crippen LogP contribution in [0.25, 0.3) is 0 Å². The summed E-state index contributed by atoms with van der Waals surface area (Å²) in [6.07, 6.45) is 2.12. The van der Waals surface area contributed by atoms with Crippen molar-refractivity contribution < 1.29 is 9.47 Å². The Morgan fingerprint density at radius 1 is 1.33 bits per heavy atom. The molecule has 1 aromatic heterocycles. The molecule has 1 aromatic carbocycles. The lowest BCUT2D eigenvalue weighted by Crippen LogP contribution is -2.36. The lowest BCUT2D eigenvalue weighted by Gasteiger charge is -2.15. The largest absolute Gasteiger partial charge is 0.494 e. The number of nitrogens with one attached hydrogen (secondary N) is 2. The van der Waals surface area contributed by atoms with Crippen LogP contribution in [-0.2, 0) is 25.9 Å². The van der Waals surface area contributed by atoms with Crippen LogP contribution in [0.2, 0.25) is 0 Å². The molecule has 1 aliphatic heterocycles. The summed E-state index contributed by atoms with van der Waals surface area (Å²) in [5, 5.41) is 9.92. The molecule has 0 aliphatic carbocycles. The maximum Gasteiger partial charge on any atom is 0.191 e. The second kappa shape index (κ2) is 9.08. The van der Waals surface area contributed by atoms with Crippen LogP contribution in [0.4, 0.5) is 0 Å². The van der Waals surface area contributed by atoms with Gasteiger partial charge >= 0.3 is 0 Å². The Morgan fingerprint density at radius 3 is 2.85 bits per heavy atom. The summed E-state index contributed by atoms with van der Waals surface area (Å²) >= 11 is 1.70. The highest BCUT2D eigenvalue weighted by Crippen LogP contribution is 2.35. The van der Waals surface area contributed by atoms with Gasteiger partial charge in [0.25, 0.3) is 0 Å². The summed E-state index contributed by atoms with van der Waals surface area (Å²) in [6, 6.07) is 4.19. The van der Waals surface area contributed by atoms with Gasteiger partial charge in [-0.25, -0.2) is 4.98 Å². The van der Waals surface area contributed by atoms with Gasteiger partial charge in [-0.15, -0.1) is 11.3 Å². The van der Waals surface area contributed by atoms with Crippen LogP contribution in [0.15, 0.2) is 22.5 Å². The van der Waals surface area contributed by atoms with E-state index in [2.05, 4.69) is 52.0 Å². The molecule has 0 bridgehead atoms. The Balaban J connectivity index is 1.62. The number of hydrogen-bond donors (Lipinski definition) is 2. The molecule has 2 heterocycles. The average Bonchev–Trinajstić information content (AvgIpc) is 3.27. The fraction of sp³-hybridized carbons (Fsp3) is 0.500. The summed E-state index contributed by atoms with van der Waals surface area (Å²) in [4.78, 5) is 8.88. The molecule has 3 rings (SSSR count). The van der Waals surface area contributed by atoms with Crippen molar-refractivity contribution in [1.29, 1.82) is 0 Å². The topological polar surface area (TPSA) is 67.8 Å². The van der Waals surface area contributed by atoms with E-state index in [1.165, 1.54) is 5.56 Å². The van der Waals surface area contributed by atoms with Crippen LogP contribution in [0.1, 0.15) is 42.6 Å². The number of aromatic nitrogens is 1. The summed E-state index contributed by atoms with van der Waals surface area (Å²) in [5.41, 5.74) is 3.32. The number of rotatable bonds is 7. The van der Waals surface area contributed by atoms with E-state index < -0.39 is 0 Å². The fourth-order valence-electron chi connectivity index (χ4n) is 3.08. The maximum atomic E-state index is 5.90. The highest BCUT2D eigenvalue weighted by Gasteiger charge is 2.21. The normalized spacial score (nSPS) is 16.0. The number of nitrogens with zero attached hydrogens (tertiary/aromatic N) is 2. The van der Waals surface area contributed by atoms with Crippen LogP contribution >= 0.6 is 11.3 Å². The molecule has 0 spiro atoms. The summed E-state index contributed by atoms with van der Waals surface area (Å²) in [7, 11) is 1.77. The zero-order chi connectivity index (χ0) is 19.2. The van der Waals surface area contributed by atoms with Gasteiger partial charge in [-0.05, 0) is 32.4 Å². The highest BCUT2D eigenvalue weighted by molar-refractivity contribution is 7.09. The van der Waals surface area contributed by atoms with Gasteiger partial charge in [0, 0.05) is 36.5 Å². The van der Waals surface area contributed by atoms with E-state index in [4.69, 9.17) is 9.47 Å². The van der Waals surface area contributed by atoms with E-state index in [1.807, 2.05) is 6.92 Å². The van der Waals surface area contributed by atoms with E-state index in [0.29, 0.717) is 19.7 Å². The van der Waals surface area contributed by atoms with Crippen molar-refractivity contribution in [3.63, 3.8) is 0 Å². The Labute approximate surface area is 165 Å². The van der Waals surface area contributed by atoms with Gasteiger partial charge in [-0.1, -0.05) is 6.92 Å². The van der Waals surface area contributed by atoms with Gasteiger partial charge in [-0.3, -0.25) is 4.99 Å². The Hall–Kier alpha value is -2.28. The molecular formula is C20H28N4O2S. The third-order valence-corrected chi connectivity index (χ3v) is 5.43. The van der Waals surface area contributed by atoms with Gasteiger partial charge in [-0.2, -0.15) is 0 Å². The molecule has 0 radical (unpaired) electrons. The third kappa shape index (κ3) is 4.91. The minimum absolute atomic E-state index is 0.221. The second-order valence-corrected chi connectivity index (χ2v) is 7.44. The quantitative estimate of drug-likeness (QED) is 0.563. The number of guanidine groups is 1. The van der Waals surface area contributed by atoms with Crippen LogP contribution in [0, 0.1) is 0 Å². The number of ether oxygens (including phenoxy) is 2. The van der Waals surface area contributed by atoms with E-state index in [0.717, 1.165) is 46.6 Å². The summed E-state index contributed by atoms with van der Waals surface area (Å²) < 4.78 is 11.7. The standard InChI is InChI=1S/C20H28N4O2S/c1-5-19-24-16(12-27-19)11-23-20(21-4)22-10-15-9-18-14(7-13(3)26-18)8-17(15)25-6-2/h8-9,12-13H,5-7,10-11H2,1-4H3,(H2,21,22,23). The van der Waals surface area contributed by atoms with Crippen molar-refractivity contribution in [3.8, 4) is 11.5 Å². The number of aliphatic imine (C=N–C) groups is 1. The first-order valence-electron chi connectivity index (χ1n) is 9.45. The lowest BCUT2D eigenvalue weighted by molar-refractivity contribution is 0.254.